The van der Waals surface area contributed by atoms with Gasteiger partial charge in [0.05, 0.1) is 0 Å². The molecule has 4 heteroatoms. The van der Waals surface area contributed by atoms with E-state index in [4.69, 9.17) is 0 Å². The average molecular weight is 381 g/mol. The van der Waals surface area contributed by atoms with E-state index in [1.165, 1.54) is 31.2 Å². The quantitative estimate of drug-likeness (QED) is 0.769. The highest BCUT2D eigenvalue weighted by Gasteiger charge is 2.44. The van der Waals surface area contributed by atoms with Crippen LogP contribution in [0, 0.1) is 5.92 Å². The standard InChI is InChI=1S/C23H28N2OS/c26-22-16-23(27-14-13-25(22)18-20-9-6-12-24-17-20)11-5-4-10-21(23)15-19-7-2-1-3-8-19/h1-3,6-9,12,17,21H,4-5,10-11,13-16,18H2/t21-,23-/m0/s1. The number of rotatable bonds is 4. The topological polar surface area (TPSA) is 33.2 Å². The van der Waals surface area contributed by atoms with E-state index in [9.17, 15) is 4.79 Å². The van der Waals surface area contributed by atoms with Crippen LogP contribution in [-0.2, 0) is 17.8 Å². The van der Waals surface area contributed by atoms with Gasteiger partial charge < -0.3 is 4.90 Å². The van der Waals surface area contributed by atoms with Gasteiger partial charge in [0.1, 0.15) is 0 Å². The zero-order valence-electron chi connectivity index (χ0n) is 15.8. The normalized spacial score (nSPS) is 26.1. The molecule has 0 unspecified atom stereocenters. The molecule has 1 spiro atoms. The summed E-state index contributed by atoms with van der Waals surface area (Å²) < 4.78 is 0.120. The lowest BCUT2D eigenvalue weighted by atomic mass is 9.73. The second-order valence-electron chi connectivity index (χ2n) is 7.90. The lowest BCUT2D eigenvalue weighted by Gasteiger charge is -2.43. The molecular weight excluding hydrogens is 352 g/mol. The van der Waals surface area contributed by atoms with Gasteiger partial charge in [-0.25, -0.2) is 0 Å². The molecule has 1 aliphatic heterocycles. The van der Waals surface area contributed by atoms with Gasteiger partial charge in [0.25, 0.3) is 0 Å². The van der Waals surface area contributed by atoms with Gasteiger partial charge in [0.2, 0.25) is 5.91 Å². The zero-order valence-corrected chi connectivity index (χ0v) is 16.7. The van der Waals surface area contributed by atoms with Gasteiger partial charge in [0, 0.05) is 42.4 Å². The Balaban J connectivity index is 1.50. The van der Waals surface area contributed by atoms with Gasteiger partial charge in [-0.1, -0.05) is 49.2 Å². The summed E-state index contributed by atoms with van der Waals surface area (Å²) in [4.78, 5) is 19.4. The minimum atomic E-state index is 0.120. The molecule has 2 atom stereocenters. The first-order valence-corrected chi connectivity index (χ1v) is 11.1. The highest BCUT2D eigenvalue weighted by molar-refractivity contribution is 8.00. The van der Waals surface area contributed by atoms with Crippen molar-refractivity contribution in [1.29, 1.82) is 0 Å². The van der Waals surface area contributed by atoms with E-state index in [0.29, 0.717) is 24.8 Å². The second kappa shape index (κ2) is 8.47. The van der Waals surface area contributed by atoms with E-state index in [0.717, 1.165) is 24.3 Å². The van der Waals surface area contributed by atoms with Gasteiger partial charge in [-0.15, -0.1) is 0 Å². The van der Waals surface area contributed by atoms with Crippen LogP contribution >= 0.6 is 11.8 Å². The van der Waals surface area contributed by atoms with Crippen molar-refractivity contribution in [3.8, 4) is 0 Å². The molecule has 1 saturated heterocycles. The number of nitrogens with zero attached hydrogens (tertiary/aromatic N) is 2. The Kier molecular flexibility index (Phi) is 5.82. The summed E-state index contributed by atoms with van der Waals surface area (Å²) in [6.45, 7) is 1.53. The number of thioether (sulfide) groups is 1. The van der Waals surface area contributed by atoms with Crippen molar-refractivity contribution in [3.63, 3.8) is 0 Å². The van der Waals surface area contributed by atoms with Crippen molar-refractivity contribution in [1.82, 2.24) is 9.88 Å². The van der Waals surface area contributed by atoms with E-state index in [-0.39, 0.29) is 4.75 Å². The molecule has 1 aliphatic carbocycles. The molecule has 27 heavy (non-hydrogen) atoms. The molecule has 1 aromatic heterocycles. The predicted octanol–water partition coefficient (Wildman–Crippen LogP) is 4.72. The molecule has 4 rings (SSSR count). The molecule has 0 N–H and O–H groups in total. The first-order chi connectivity index (χ1) is 13.3. The molecule has 2 heterocycles. The maximum Gasteiger partial charge on any atom is 0.224 e. The van der Waals surface area contributed by atoms with Crippen molar-refractivity contribution in [2.45, 2.75) is 49.8 Å². The molecule has 0 radical (unpaired) electrons. The van der Waals surface area contributed by atoms with E-state index >= 15 is 0 Å². The third kappa shape index (κ3) is 4.37. The maximum atomic E-state index is 13.2. The number of aromatic nitrogens is 1. The molecule has 2 fully saturated rings. The van der Waals surface area contributed by atoms with Crippen LogP contribution in [-0.4, -0.2) is 32.8 Å². The van der Waals surface area contributed by atoms with E-state index in [1.54, 1.807) is 6.20 Å². The predicted molar refractivity (Wildman–Crippen MR) is 112 cm³/mol. The van der Waals surface area contributed by atoms with Crippen LogP contribution < -0.4 is 0 Å². The van der Waals surface area contributed by atoms with E-state index in [2.05, 4.69) is 53.1 Å². The number of benzene rings is 1. The van der Waals surface area contributed by atoms with Crippen molar-refractivity contribution in [2.24, 2.45) is 5.92 Å². The van der Waals surface area contributed by atoms with Gasteiger partial charge in [0.15, 0.2) is 0 Å². The summed E-state index contributed by atoms with van der Waals surface area (Å²) in [5.41, 5.74) is 2.53. The van der Waals surface area contributed by atoms with Gasteiger partial charge in [-0.05, 0) is 42.4 Å². The molecular formula is C23H28N2OS. The second-order valence-corrected chi connectivity index (χ2v) is 9.41. The van der Waals surface area contributed by atoms with Crippen molar-refractivity contribution in [2.75, 3.05) is 12.3 Å². The summed E-state index contributed by atoms with van der Waals surface area (Å²) in [6, 6.07) is 14.8. The molecule has 2 aromatic rings. The molecule has 142 valence electrons. The number of amides is 1. The van der Waals surface area contributed by atoms with Gasteiger partial charge in [-0.2, -0.15) is 11.8 Å². The first kappa shape index (κ1) is 18.5. The average Bonchev–Trinajstić information content (AvgIpc) is 2.85. The first-order valence-electron chi connectivity index (χ1n) is 10.1. The van der Waals surface area contributed by atoms with Crippen LogP contribution in [0.15, 0.2) is 54.9 Å². The third-order valence-electron chi connectivity index (χ3n) is 6.12. The fourth-order valence-corrected chi connectivity index (χ4v) is 6.34. The van der Waals surface area contributed by atoms with Crippen LogP contribution in [0.2, 0.25) is 0 Å². The maximum absolute atomic E-state index is 13.2. The number of carbonyl (C=O) groups is 1. The fourth-order valence-electron chi connectivity index (χ4n) is 4.67. The number of hydrogen-bond acceptors (Lipinski definition) is 3. The summed E-state index contributed by atoms with van der Waals surface area (Å²) in [6.07, 6.45) is 10.4. The number of pyridine rings is 1. The van der Waals surface area contributed by atoms with Crippen molar-refractivity contribution in [3.05, 3.63) is 66.0 Å². The molecule has 1 saturated carbocycles. The summed E-state index contributed by atoms with van der Waals surface area (Å²) >= 11 is 2.07. The van der Waals surface area contributed by atoms with Gasteiger partial charge >= 0.3 is 0 Å². The van der Waals surface area contributed by atoms with Crippen LogP contribution in [0.5, 0.6) is 0 Å². The monoisotopic (exact) mass is 380 g/mol. The minimum Gasteiger partial charge on any atom is -0.337 e. The Hall–Kier alpha value is -1.81. The van der Waals surface area contributed by atoms with Crippen LogP contribution in [0.1, 0.15) is 43.2 Å². The molecule has 0 bridgehead atoms. The molecule has 2 aliphatic rings. The number of carbonyl (C=O) groups excluding carboxylic acids is 1. The third-order valence-corrected chi connectivity index (χ3v) is 7.77. The van der Waals surface area contributed by atoms with Crippen molar-refractivity contribution < 1.29 is 4.79 Å². The molecule has 1 aromatic carbocycles. The zero-order chi connectivity index (χ0) is 18.5. The van der Waals surface area contributed by atoms with Crippen LogP contribution in [0.25, 0.3) is 0 Å². The SMILES string of the molecule is O=C1C[C@]2(CCCC[C@H]2Cc2ccccc2)SCCN1Cc1cccnc1. The van der Waals surface area contributed by atoms with Crippen molar-refractivity contribution >= 4 is 17.7 Å². The largest absolute Gasteiger partial charge is 0.337 e. The lowest BCUT2D eigenvalue weighted by molar-refractivity contribution is -0.132. The van der Waals surface area contributed by atoms with Gasteiger partial charge in [-0.3, -0.25) is 9.78 Å². The van der Waals surface area contributed by atoms with E-state index < -0.39 is 0 Å². The van der Waals surface area contributed by atoms with Crippen LogP contribution in [0.4, 0.5) is 0 Å². The summed E-state index contributed by atoms with van der Waals surface area (Å²) in [5.74, 6) is 1.96. The highest BCUT2D eigenvalue weighted by atomic mass is 32.2. The summed E-state index contributed by atoms with van der Waals surface area (Å²) in [5, 5.41) is 0. The Labute approximate surface area is 166 Å². The lowest BCUT2D eigenvalue weighted by Crippen LogP contribution is -2.42. The highest BCUT2D eigenvalue weighted by Crippen LogP contribution is 2.49. The molecule has 3 nitrogen and oxygen atoms in total. The number of hydrogen-bond donors (Lipinski definition) is 0. The Morgan fingerprint density at radius 3 is 2.78 bits per heavy atom. The Morgan fingerprint density at radius 2 is 1.96 bits per heavy atom. The molecule has 1 amide bonds. The smallest absolute Gasteiger partial charge is 0.224 e. The van der Waals surface area contributed by atoms with Crippen LogP contribution in [0.3, 0.4) is 0 Å². The summed E-state index contributed by atoms with van der Waals surface area (Å²) in [7, 11) is 0. The fraction of sp³-hybridized carbons (Fsp3) is 0.478. The Morgan fingerprint density at radius 1 is 1.11 bits per heavy atom. The minimum absolute atomic E-state index is 0.120. The Bertz CT molecular complexity index is 751. The van der Waals surface area contributed by atoms with E-state index in [1.807, 2.05) is 17.2 Å².